The lowest BCUT2D eigenvalue weighted by Gasteiger charge is -2.28. The number of rotatable bonds is 1. The highest BCUT2D eigenvalue weighted by Gasteiger charge is 2.20. The van der Waals surface area contributed by atoms with E-state index in [-0.39, 0.29) is 0 Å². The first-order valence-electron chi connectivity index (χ1n) is 5.24. The molecule has 0 unspecified atom stereocenters. The summed E-state index contributed by atoms with van der Waals surface area (Å²) in [7, 11) is 0. The molecule has 1 aromatic carbocycles. The molecule has 5 heteroatoms. The molecule has 2 aliphatic heterocycles. The van der Waals surface area contributed by atoms with Gasteiger partial charge in [0, 0.05) is 18.3 Å². The second-order valence-electron chi connectivity index (χ2n) is 3.81. The van der Waals surface area contributed by atoms with Gasteiger partial charge in [-0.1, -0.05) is 0 Å². The van der Waals surface area contributed by atoms with Crippen molar-refractivity contribution >= 4 is 29.3 Å². The molecule has 2 aliphatic rings. The summed E-state index contributed by atoms with van der Waals surface area (Å²) in [5, 5.41) is 0. The van der Waals surface area contributed by atoms with Crippen molar-refractivity contribution in [2.45, 2.75) is 0 Å². The maximum absolute atomic E-state index is 11.1. The van der Waals surface area contributed by atoms with Crippen LogP contribution in [0, 0.1) is 0 Å². The molecule has 0 spiro atoms. The molecule has 1 amide bonds. The summed E-state index contributed by atoms with van der Waals surface area (Å²) >= 11 is 0. The minimum absolute atomic E-state index is 0.444. The molecule has 84 valence electrons. The topological polar surface area (TPSA) is 71.0 Å². The van der Waals surface area contributed by atoms with Crippen molar-refractivity contribution in [2.75, 3.05) is 11.4 Å². The molecule has 0 saturated carbocycles. The molecular formula is C12H10N4O. The highest BCUT2D eigenvalue weighted by atomic mass is 16.1. The minimum Gasteiger partial charge on any atom is -0.366 e. The fourth-order valence-electron chi connectivity index (χ4n) is 1.91. The van der Waals surface area contributed by atoms with Gasteiger partial charge in [-0.15, -0.1) is 0 Å². The van der Waals surface area contributed by atoms with E-state index in [9.17, 15) is 4.79 Å². The molecule has 0 saturated heterocycles. The Balaban J connectivity index is 2.11. The van der Waals surface area contributed by atoms with Gasteiger partial charge in [0.15, 0.2) is 5.84 Å². The number of nitrogens with zero attached hydrogens (tertiary/aromatic N) is 3. The van der Waals surface area contributed by atoms with Crippen LogP contribution in [0.4, 0.5) is 11.4 Å². The van der Waals surface area contributed by atoms with E-state index < -0.39 is 5.91 Å². The third-order valence-corrected chi connectivity index (χ3v) is 2.75. The fraction of sp³-hybridized carbons (Fsp3) is 0.0833. The predicted molar refractivity (Wildman–Crippen MR) is 67.0 cm³/mol. The van der Waals surface area contributed by atoms with Crippen LogP contribution in [0.3, 0.4) is 0 Å². The number of anilines is 1. The Morgan fingerprint density at radius 1 is 1.41 bits per heavy atom. The number of hydrogen-bond acceptors (Lipinski definition) is 4. The van der Waals surface area contributed by atoms with Crippen LogP contribution < -0.4 is 10.6 Å². The lowest BCUT2D eigenvalue weighted by Crippen LogP contribution is -2.35. The van der Waals surface area contributed by atoms with Crippen LogP contribution in [0.2, 0.25) is 0 Å². The molecule has 0 radical (unpaired) electrons. The van der Waals surface area contributed by atoms with Gasteiger partial charge in [0.1, 0.15) is 0 Å². The van der Waals surface area contributed by atoms with Gasteiger partial charge in [0.2, 0.25) is 5.91 Å². The second-order valence-corrected chi connectivity index (χ2v) is 3.81. The lowest BCUT2D eigenvalue weighted by molar-refractivity contribution is 0.100. The number of carbonyl (C=O) groups excluding carboxylic acids is 1. The maximum atomic E-state index is 11.1. The van der Waals surface area contributed by atoms with Gasteiger partial charge in [-0.05, 0) is 24.3 Å². The first-order chi connectivity index (χ1) is 8.25. The molecule has 1 aromatic rings. The van der Waals surface area contributed by atoms with Crippen molar-refractivity contribution in [3.8, 4) is 0 Å². The fourth-order valence-corrected chi connectivity index (χ4v) is 1.91. The molecule has 2 heterocycles. The van der Waals surface area contributed by atoms with Crippen molar-refractivity contribution in [1.82, 2.24) is 0 Å². The van der Waals surface area contributed by atoms with Crippen molar-refractivity contribution in [3.63, 3.8) is 0 Å². The van der Waals surface area contributed by atoms with Crippen LogP contribution in [-0.4, -0.2) is 24.5 Å². The number of benzene rings is 1. The smallest absolute Gasteiger partial charge is 0.248 e. The average molecular weight is 226 g/mol. The van der Waals surface area contributed by atoms with E-state index in [1.807, 2.05) is 17.0 Å². The van der Waals surface area contributed by atoms with Crippen molar-refractivity contribution in [1.29, 1.82) is 0 Å². The van der Waals surface area contributed by atoms with Crippen LogP contribution in [0.1, 0.15) is 10.4 Å². The van der Waals surface area contributed by atoms with Gasteiger partial charge in [-0.2, -0.15) is 0 Å². The third kappa shape index (κ3) is 1.52. The van der Waals surface area contributed by atoms with Gasteiger partial charge in [-0.3, -0.25) is 9.79 Å². The average Bonchev–Trinajstić information content (AvgIpc) is 2.38. The number of amidine groups is 1. The van der Waals surface area contributed by atoms with Gasteiger partial charge >= 0.3 is 0 Å². The predicted octanol–water partition coefficient (Wildman–Crippen LogP) is 1.23. The maximum Gasteiger partial charge on any atom is 0.248 e. The van der Waals surface area contributed by atoms with Crippen LogP contribution in [0.25, 0.3) is 0 Å². The number of carbonyl (C=O) groups is 1. The van der Waals surface area contributed by atoms with E-state index in [1.165, 1.54) is 0 Å². The van der Waals surface area contributed by atoms with E-state index in [1.54, 1.807) is 24.5 Å². The molecule has 17 heavy (non-hydrogen) atoms. The lowest BCUT2D eigenvalue weighted by atomic mass is 10.1. The van der Waals surface area contributed by atoms with Crippen molar-refractivity contribution in [3.05, 3.63) is 36.0 Å². The molecule has 0 bridgehead atoms. The Bertz CT molecular complexity index is 586. The highest BCUT2D eigenvalue weighted by Crippen LogP contribution is 2.33. The zero-order chi connectivity index (χ0) is 11.8. The van der Waals surface area contributed by atoms with Gasteiger partial charge in [0.05, 0.1) is 17.6 Å². The molecule has 0 aromatic heterocycles. The summed E-state index contributed by atoms with van der Waals surface area (Å²) in [6, 6.07) is 5.25. The van der Waals surface area contributed by atoms with Crippen LogP contribution in [0.15, 0.2) is 40.5 Å². The Kier molecular flexibility index (Phi) is 2.04. The van der Waals surface area contributed by atoms with Crippen molar-refractivity contribution in [2.24, 2.45) is 15.7 Å². The quantitative estimate of drug-likeness (QED) is 0.782. The Morgan fingerprint density at radius 2 is 2.29 bits per heavy atom. The van der Waals surface area contributed by atoms with Crippen LogP contribution in [-0.2, 0) is 0 Å². The summed E-state index contributed by atoms with van der Waals surface area (Å²) in [4.78, 5) is 21.6. The van der Waals surface area contributed by atoms with E-state index in [4.69, 9.17) is 5.73 Å². The molecule has 2 N–H and O–H groups in total. The number of fused-ring (bicyclic) bond motifs is 3. The number of hydrogen-bond donors (Lipinski definition) is 1. The molecule has 0 fully saturated rings. The highest BCUT2D eigenvalue weighted by molar-refractivity contribution is 6.38. The molecule has 5 nitrogen and oxygen atoms in total. The van der Waals surface area contributed by atoms with E-state index in [0.717, 1.165) is 23.8 Å². The Labute approximate surface area is 98.0 Å². The van der Waals surface area contributed by atoms with Gasteiger partial charge < -0.3 is 10.6 Å². The van der Waals surface area contributed by atoms with E-state index in [2.05, 4.69) is 9.98 Å². The number of primary amides is 1. The Morgan fingerprint density at radius 3 is 3.12 bits per heavy atom. The monoisotopic (exact) mass is 226 g/mol. The standard InChI is InChI=1S/C12H10N4O/c13-12(17)8-2-3-10-9(6-8)15-7-11-14-4-1-5-16(10)11/h1-4,6-7H,5H2,(H2,13,17). The summed E-state index contributed by atoms with van der Waals surface area (Å²) < 4.78 is 0. The number of aliphatic imine (C=N–C) groups is 2. The second kappa shape index (κ2) is 3.55. The van der Waals surface area contributed by atoms with Crippen LogP contribution in [0.5, 0.6) is 0 Å². The summed E-state index contributed by atoms with van der Waals surface area (Å²) in [5.74, 6) is 0.368. The molecule has 0 atom stereocenters. The largest absolute Gasteiger partial charge is 0.366 e. The summed E-state index contributed by atoms with van der Waals surface area (Å²) in [5.41, 5.74) is 7.40. The normalized spacial score (nSPS) is 16.2. The SMILES string of the molecule is NC(=O)c1ccc2c(c1)N=CC1=NC=CCN12. The third-order valence-electron chi connectivity index (χ3n) is 2.75. The number of amides is 1. The van der Waals surface area contributed by atoms with E-state index in [0.29, 0.717) is 5.56 Å². The minimum atomic E-state index is -0.444. The van der Waals surface area contributed by atoms with Crippen LogP contribution >= 0.6 is 0 Å². The zero-order valence-electron chi connectivity index (χ0n) is 9.00. The van der Waals surface area contributed by atoms with E-state index >= 15 is 0 Å². The van der Waals surface area contributed by atoms with Gasteiger partial charge in [-0.25, -0.2) is 4.99 Å². The summed E-state index contributed by atoms with van der Waals surface area (Å²) in [6.07, 6.45) is 5.42. The molecule has 0 aliphatic carbocycles. The molecular weight excluding hydrogens is 216 g/mol. The number of nitrogens with two attached hydrogens (primary N) is 1. The molecule has 3 rings (SSSR count). The first-order valence-corrected chi connectivity index (χ1v) is 5.24. The van der Waals surface area contributed by atoms with Gasteiger partial charge in [0.25, 0.3) is 0 Å². The van der Waals surface area contributed by atoms with Crippen molar-refractivity contribution < 1.29 is 4.79 Å². The Hall–Kier alpha value is -2.43. The summed E-state index contributed by atoms with van der Waals surface area (Å²) in [6.45, 7) is 0.758. The first kappa shape index (κ1) is 9.77. The zero-order valence-corrected chi connectivity index (χ0v) is 9.00.